The molecule has 0 aliphatic heterocycles. The van der Waals surface area contributed by atoms with E-state index in [4.69, 9.17) is 0 Å². The first-order chi connectivity index (χ1) is 9.24. The van der Waals surface area contributed by atoms with Gasteiger partial charge in [-0.3, -0.25) is 9.52 Å². The Bertz CT molecular complexity index is 582. The van der Waals surface area contributed by atoms with Crippen LogP contribution in [0.2, 0.25) is 0 Å². The van der Waals surface area contributed by atoms with Crippen LogP contribution in [0.3, 0.4) is 0 Å². The number of anilines is 1. The summed E-state index contributed by atoms with van der Waals surface area (Å²) >= 11 is 0. The van der Waals surface area contributed by atoms with Gasteiger partial charge in [-0.25, -0.2) is 8.42 Å². The highest BCUT2D eigenvalue weighted by Gasteiger charge is 2.15. The summed E-state index contributed by atoms with van der Waals surface area (Å²) in [4.78, 5) is 12.2. The van der Waals surface area contributed by atoms with Crippen LogP contribution in [0.15, 0.2) is 18.2 Å². The van der Waals surface area contributed by atoms with Crippen molar-refractivity contribution in [3.63, 3.8) is 0 Å². The lowest BCUT2D eigenvalue weighted by Crippen LogP contribution is -2.33. The van der Waals surface area contributed by atoms with Crippen LogP contribution in [0, 0.1) is 6.92 Å². The van der Waals surface area contributed by atoms with Gasteiger partial charge in [-0.05, 0) is 38.0 Å². The number of nitrogens with one attached hydrogen (secondary N) is 2. The molecule has 0 aromatic heterocycles. The molecule has 5 nitrogen and oxygen atoms in total. The minimum absolute atomic E-state index is 0.0958. The van der Waals surface area contributed by atoms with Crippen molar-refractivity contribution in [2.45, 2.75) is 39.7 Å². The van der Waals surface area contributed by atoms with Crippen molar-refractivity contribution in [2.24, 2.45) is 0 Å². The van der Waals surface area contributed by atoms with E-state index in [0.717, 1.165) is 19.1 Å². The van der Waals surface area contributed by atoms with Gasteiger partial charge in [0.2, 0.25) is 10.0 Å². The van der Waals surface area contributed by atoms with Crippen LogP contribution in [0.25, 0.3) is 0 Å². The topological polar surface area (TPSA) is 75.3 Å². The fraction of sp³-hybridized carbons (Fsp3) is 0.500. The highest BCUT2D eigenvalue weighted by Crippen LogP contribution is 2.20. The summed E-state index contributed by atoms with van der Waals surface area (Å²) in [5.74, 6) is -0.180. The van der Waals surface area contributed by atoms with Crippen LogP contribution < -0.4 is 10.0 Å². The van der Waals surface area contributed by atoms with E-state index >= 15 is 0 Å². The molecule has 0 saturated heterocycles. The summed E-state index contributed by atoms with van der Waals surface area (Å²) in [6.07, 6.45) is 2.99. The number of benzene rings is 1. The molecular weight excluding hydrogens is 276 g/mol. The average Bonchev–Trinajstić information content (AvgIpc) is 2.30. The molecule has 1 unspecified atom stereocenters. The minimum Gasteiger partial charge on any atom is -0.350 e. The number of rotatable bonds is 6. The first-order valence-corrected chi connectivity index (χ1v) is 8.52. The third kappa shape index (κ3) is 4.85. The van der Waals surface area contributed by atoms with E-state index in [-0.39, 0.29) is 11.9 Å². The van der Waals surface area contributed by atoms with Gasteiger partial charge >= 0.3 is 0 Å². The molecule has 1 atom stereocenters. The molecule has 112 valence electrons. The number of sulfonamides is 1. The SMILES string of the molecule is CCCC(C)NC(=O)c1cccc(NS(C)(=O)=O)c1C. The predicted molar refractivity (Wildman–Crippen MR) is 81.5 cm³/mol. The Morgan fingerprint density at radius 2 is 2.00 bits per heavy atom. The molecule has 0 aliphatic carbocycles. The monoisotopic (exact) mass is 298 g/mol. The molecule has 1 amide bonds. The molecule has 0 aliphatic rings. The van der Waals surface area contributed by atoms with Gasteiger partial charge in [-0.1, -0.05) is 19.4 Å². The van der Waals surface area contributed by atoms with E-state index in [1.165, 1.54) is 0 Å². The van der Waals surface area contributed by atoms with Crippen molar-refractivity contribution in [1.29, 1.82) is 0 Å². The third-order valence-electron chi connectivity index (χ3n) is 2.97. The number of amides is 1. The molecule has 1 rings (SSSR count). The molecular formula is C14H22N2O3S. The van der Waals surface area contributed by atoms with E-state index in [0.29, 0.717) is 16.8 Å². The summed E-state index contributed by atoms with van der Waals surface area (Å²) < 4.78 is 25.0. The maximum absolute atomic E-state index is 12.2. The zero-order valence-corrected chi connectivity index (χ0v) is 13.2. The van der Waals surface area contributed by atoms with Crippen LogP contribution in [0.4, 0.5) is 5.69 Å². The third-order valence-corrected chi connectivity index (χ3v) is 3.56. The smallest absolute Gasteiger partial charge is 0.251 e. The van der Waals surface area contributed by atoms with Gasteiger partial charge in [0.25, 0.3) is 5.91 Å². The summed E-state index contributed by atoms with van der Waals surface area (Å²) in [6, 6.07) is 5.10. The van der Waals surface area contributed by atoms with E-state index in [9.17, 15) is 13.2 Å². The summed E-state index contributed by atoms with van der Waals surface area (Å²) in [7, 11) is -3.36. The molecule has 6 heteroatoms. The zero-order chi connectivity index (χ0) is 15.3. The molecule has 0 saturated carbocycles. The molecule has 20 heavy (non-hydrogen) atoms. The fourth-order valence-electron chi connectivity index (χ4n) is 2.00. The summed E-state index contributed by atoms with van der Waals surface area (Å²) in [6.45, 7) is 5.74. The maximum Gasteiger partial charge on any atom is 0.251 e. The first kappa shape index (κ1) is 16.5. The second kappa shape index (κ2) is 6.74. The van der Waals surface area contributed by atoms with Crippen LogP contribution in [0.5, 0.6) is 0 Å². The van der Waals surface area contributed by atoms with E-state index in [1.54, 1.807) is 25.1 Å². The van der Waals surface area contributed by atoms with Crippen molar-refractivity contribution in [3.05, 3.63) is 29.3 Å². The van der Waals surface area contributed by atoms with Crippen molar-refractivity contribution in [2.75, 3.05) is 11.0 Å². The second-order valence-electron chi connectivity index (χ2n) is 5.02. The quantitative estimate of drug-likeness (QED) is 0.846. The number of carbonyl (C=O) groups excluding carboxylic acids is 1. The largest absolute Gasteiger partial charge is 0.350 e. The average molecular weight is 298 g/mol. The Kier molecular flexibility index (Phi) is 5.56. The number of hydrogen-bond acceptors (Lipinski definition) is 3. The molecule has 0 fully saturated rings. The molecule has 0 bridgehead atoms. The Balaban J connectivity index is 2.96. The van der Waals surface area contributed by atoms with E-state index in [1.807, 2.05) is 6.92 Å². The Morgan fingerprint density at radius 3 is 2.55 bits per heavy atom. The lowest BCUT2D eigenvalue weighted by molar-refractivity contribution is 0.0937. The highest BCUT2D eigenvalue weighted by molar-refractivity contribution is 7.92. The predicted octanol–water partition coefficient (Wildman–Crippen LogP) is 2.28. The van der Waals surface area contributed by atoms with Gasteiger partial charge in [0, 0.05) is 11.6 Å². The van der Waals surface area contributed by atoms with Gasteiger partial charge < -0.3 is 5.32 Å². The van der Waals surface area contributed by atoms with Gasteiger partial charge in [-0.2, -0.15) is 0 Å². The minimum atomic E-state index is -3.36. The van der Waals surface area contributed by atoms with Gasteiger partial charge in [-0.15, -0.1) is 0 Å². The van der Waals surface area contributed by atoms with Crippen LogP contribution in [-0.2, 0) is 10.0 Å². The Labute approximate surface area is 120 Å². The Morgan fingerprint density at radius 1 is 1.35 bits per heavy atom. The summed E-state index contributed by atoms with van der Waals surface area (Å²) in [5.41, 5.74) is 1.55. The van der Waals surface area contributed by atoms with Crippen LogP contribution in [-0.4, -0.2) is 26.6 Å². The normalized spacial score (nSPS) is 12.8. The van der Waals surface area contributed by atoms with Crippen molar-refractivity contribution in [1.82, 2.24) is 5.32 Å². The van der Waals surface area contributed by atoms with Crippen molar-refractivity contribution >= 4 is 21.6 Å². The van der Waals surface area contributed by atoms with E-state index in [2.05, 4.69) is 17.0 Å². The lowest BCUT2D eigenvalue weighted by atomic mass is 10.1. The molecule has 1 aromatic rings. The van der Waals surface area contributed by atoms with E-state index < -0.39 is 10.0 Å². The van der Waals surface area contributed by atoms with Crippen molar-refractivity contribution < 1.29 is 13.2 Å². The first-order valence-electron chi connectivity index (χ1n) is 6.63. The van der Waals surface area contributed by atoms with Crippen LogP contribution in [0.1, 0.15) is 42.6 Å². The van der Waals surface area contributed by atoms with Gasteiger partial charge in [0.15, 0.2) is 0 Å². The Hall–Kier alpha value is -1.56. The summed E-state index contributed by atoms with van der Waals surface area (Å²) in [5, 5.41) is 2.91. The molecule has 1 aromatic carbocycles. The molecule has 0 heterocycles. The van der Waals surface area contributed by atoms with Crippen LogP contribution >= 0.6 is 0 Å². The second-order valence-corrected chi connectivity index (χ2v) is 6.76. The molecule has 0 spiro atoms. The molecule has 0 radical (unpaired) electrons. The lowest BCUT2D eigenvalue weighted by Gasteiger charge is -2.15. The zero-order valence-electron chi connectivity index (χ0n) is 12.4. The van der Waals surface area contributed by atoms with Gasteiger partial charge in [0.05, 0.1) is 11.9 Å². The van der Waals surface area contributed by atoms with Crippen molar-refractivity contribution in [3.8, 4) is 0 Å². The van der Waals surface area contributed by atoms with Gasteiger partial charge in [0.1, 0.15) is 0 Å². The fourth-order valence-corrected chi connectivity index (χ4v) is 2.62. The molecule has 2 N–H and O–H groups in total. The standard InChI is InChI=1S/C14H22N2O3S/c1-5-7-10(2)15-14(17)12-8-6-9-13(11(12)3)16-20(4,18)19/h6,8-10,16H,5,7H2,1-4H3,(H,15,17). The number of carbonyl (C=O) groups is 1. The maximum atomic E-state index is 12.2. The highest BCUT2D eigenvalue weighted by atomic mass is 32.2. The number of hydrogen-bond donors (Lipinski definition) is 2.